The summed E-state index contributed by atoms with van der Waals surface area (Å²) >= 11 is 0. The Hall–Kier alpha value is -10.2. The maximum absolute atomic E-state index is 15.2. The van der Waals surface area contributed by atoms with Crippen LogP contribution in [-0.4, -0.2) is 163 Å². The van der Waals surface area contributed by atoms with Gasteiger partial charge in [-0.1, -0.05) is 99.3 Å². The molecule has 0 unspecified atom stereocenters. The second-order valence-corrected chi connectivity index (χ2v) is 25.7. The minimum atomic E-state index is -1.42. The van der Waals surface area contributed by atoms with Crippen LogP contribution in [0.3, 0.4) is 0 Å². The zero-order chi connectivity index (χ0) is 71.2. The van der Waals surface area contributed by atoms with E-state index in [-0.39, 0.29) is 56.5 Å². The molecule has 4 N–H and O–H groups in total. The molecule has 23 heteroatoms. The van der Waals surface area contributed by atoms with Crippen molar-refractivity contribution in [1.82, 2.24) is 30.2 Å². The van der Waals surface area contributed by atoms with Crippen molar-refractivity contribution in [3.8, 4) is 11.5 Å². The number of likely N-dealkylation sites (N-methyl/N-ethyl adjacent to an activating group) is 2. The predicted molar refractivity (Wildman–Crippen MR) is 368 cm³/mol. The smallest absolute Gasteiger partial charge is 0.330 e. The van der Waals surface area contributed by atoms with E-state index >= 15 is 4.79 Å². The second-order valence-electron chi connectivity index (χ2n) is 25.7. The summed E-state index contributed by atoms with van der Waals surface area (Å²) in [6.45, 7) is 12.4. The number of ketones is 1. The van der Waals surface area contributed by atoms with Crippen molar-refractivity contribution < 1.29 is 71.7 Å². The van der Waals surface area contributed by atoms with Gasteiger partial charge in [0.2, 0.25) is 41.2 Å². The number of ether oxygens (including phenoxy) is 4. The number of rotatable bonds is 32. The zero-order valence-corrected chi connectivity index (χ0v) is 57.5. The molecule has 7 rings (SSSR count). The minimum Gasteiger partial charge on any atom is -0.493 e. The number of carbonyl (C=O) groups is 11. The van der Waals surface area contributed by atoms with Crippen molar-refractivity contribution in [2.45, 2.75) is 142 Å². The number of para-hydroxylation sites is 1. The van der Waals surface area contributed by atoms with Gasteiger partial charge < -0.3 is 59.8 Å². The van der Waals surface area contributed by atoms with Crippen molar-refractivity contribution in [1.29, 1.82) is 0 Å². The maximum Gasteiger partial charge on any atom is 0.330 e. The summed E-state index contributed by atoms with van der Waals surface area (Å²) in [6, 6.07) is 30.3. The fourth-order valence-corrected chi connectivity index (χ4v) is 11.9. The third kappa shape index (κ3) is 20.4. The summed E-state index contributed by atoms with van der Waals surface area (Å²) in [7, 11) is 6.29. The summed E-state index contributed by atoms with van der Waals surface area (Å²) in [5.41, 5.74) is 2.01. The largest absolute Gasteiger partial charge is 0.493 e. The molecule has 0 radical (unpaired) electrons. The van der Waals surface area contributed by atoms with Crippen LogP contribution in [0.5, 0.6) is 11.5 Å². The molecule has 0 spiro atoms. The van der Waals surface area contributed by atoms with Crippen LogP contribution in [0.2, 0.25) is 0 Å². The second kappa shape index (κ2) is 35.7. The van der Waals surface area contributed by atoms with Crippen molar-refractivity contribution in [2.24, 2.45) is 11.3 Å². The highest BCUT2D eigenvalue weighted by atomic mass is 16.5. The number of esters is 2. The first-order valence-corrected chi connectivity index (χ1v) is 33.2. The number of nitrogens with zero attached hydrogens (tertiary/aromatic N) is 4. The molecule has 2 aliphatic heterocycles. The molecule has 5 aromatic carbocycles. The number of benzene rings is 5. The Kier molecular flexibility index (Phi) is 27.4. The van der Waals surface area contributed by atoms with Crippen LogP contribution >= 0.6 is 0 Å². The van der Waals surface area contributed by atoms with E-state index < -0.39 is 108 Å². The highest BCUT2D eigenvalue weighted by molar-refractivity contribution is 6.38. The lowest BCUT2D eigenvalue weighted by Gasteiger charge is -2.36. The molecule has 23 nitrogen and oxygen atoms in total. The molecule has 522 valence electrons. The van der Waals surface area contributed by atoms with Gasteiger partial charge in [0.1, 0.15) is 42.9 Å². The molecule has 8 amide bonds. The van der Waals surface area contributed by atoms with E-state index in [4.69, 9.17) is 18.9 Å². The molecule has 2 heterocycles. The van der Waals surface area contributed by atoms with E-state index in [0.717, 1.165) is 11.6 Å². The Morgan fingerprint density at radius 2 is 1.32 bits per heavy atom. The highest BCUT2D eigenvalue weighted by Gasteiger charge is 2.44. The normalized spacial score (nSPS) is 15.6. The number of hydrogen-bond donors (Lipinski definition) is 4. The van der Waals surface area contributed by atoms with Gasteiger partial charge in [-0.3, -0.25) is 43.2 Å². The van der Waals surface area contributed by atoms with Crippen LogP contribution in [0.15, 0.2) is 140 Å². The van der Waals surface area contributed by atoms with Crippen molar-refractivity contribution in [2.75, 3.05) is 65.2 Å². The van der Waals surface area contributed by atoms with E-state index in [1.165, 1.54) is 42.8 Å². The molecule has 2 saturated heterocycles. The number of Topliss-reactive ketones (excluding diaryl/α,β-unsaturated/α-hetero) is 1. The quantitative estimate of drug-likeness (QED) is 0.0178. The number of methoxy groups -OCH3 is 2. The summed E-state index contributed by atoms with van der Waals surface area (Å²) in [6.07, 6.45) is 2.18. The fourth-order valence-electron chi connectivity index (χ4n) is 11.9. The lowest BCUT2D eigenvalue weighted by molar-refractivity contribution is -0.165. The van der Waals surface area contributed by atoms with E-state index in [9.17, 15) is 47.9 Å². The van der Waals surface area contributed by atoms with Crippen molar-refractivity contribution >= 4 is 76.4 Å². The number of aryl methyl sites for hydroxylation is 1. The Labute approximate surface area is 573 Å². The molecular weight excluding hydrogens is 1250 g/mol. The van der Waals surface area contributed by atoms with Crippen LogP contribution in [-0.2, 0) is 70.3 Å². The number of piperidine rings is 1. The minimum absolute atomic E-state index is 0.0588. The van der Waals surface area contributed by atoms with Gasteiger partial charge in [-0.05, 0) is 149 Å². The van der Waals surface area contributed by atoms with Crippen LogP contribution < -0.4 is 30.7 Å². The highest BCUT2D eigenvalue weighted by Crippen LogP contribution is 2.33. The predicted octanol–water partition coefficient (Wildman–Crippen LogP) is 8.52. The van der Waals surface area contributed by atoms with E-state index in [1.807, 2.05) is 32.9 Å². The third-order valence-electron chi connectivity index (χ3n) is 17.6. The fraction of sp³-hybridized carbons (Fsp3) is 0.427. The molecule has 2 fully saturated rings. The zero-order valence-electron chi connectivity index (χ0n) is 57.5. The first-order chi connectivity index (χ1) is 46.9. The van der Waals surface area contributed by atoms with Gasteiger partial charge >= 0.3 is 11.9 Å². The molecule has 0 aromatic heterocycles. The molecule has 0 saturated carbocycles. The first kappa shape index (κ1) is 75.2. The van der Waals surface area contributed by atoms with Gasteiger partial charge in [-0.15, -0.1) is 0 Å². The summed E-state index contributed by atoms with van der Waals surface area (Å²) in [5.74, 6) is -5.84. The average Bonchev–Trinajstić information content (AvgIpc) is 1.49. The summed E-state index contributed by atoms with van der Waals surface area (Å²) in [5, 5.41) is 11.4. The molecule has 2 aliphatic rings. The monoisotopic (exact) mass is 1340 g/mol. The van der Waals surface area contributed by atoms with Gasteiger partial charge in [0.25, 0.3) is 11.8 Å². The lowest BCUT2D eigenvalue weighted by atomic mass is 9.87. The van der Waals surface area contributed by atoms with Crippen molar-refractivity contribution in [3.05, 3.63) is 168 Å². The van der Waals surface area contributed by atoms with E-state index in [1.54, 1.807) is 134 Å². The van der Waals surface area contributed by atoms with Gasteiger partial charge in [-0.2, -0.15) is 0 Å². The Bertz CT molecular complexity index is 3660. The summed E-state index contributed by atoms with van der Waals surface area (Å²) < 4.78 is 22.4. The molecule has 6 atom stereocenters. The molecule has 5 aromatic rings. The Balaban J connectivity index is 1.09. The van der Waals surface area contributed by atoms with E-state index in [0.29, 0.717) is 90.2 Å². The standard InChI is InChI=1S/C75H92N8O15/c1-11-65(86)97-47-75(5,6)67(87)73(93)83-41-20-19-29-58(83)74(94)98-60(37-33-50-34-38-61(95-9)62(45-50)96-10)53-25-21-28-55(46-53)76-63(84)39-40-64(85)79-66(51-23-15-13-16-24-51)69(89)78-56(44-49-31-35-52(36-32-49)68(88)77-54-26-17-14-18-27-54)70(90)82-42-22-30-57(82)72(92)81(8)59(43-48(3)4)71(91)80(7)12-2/h11,13-18,21,23-28,31-32,34-36,38,45-46,48,56-60,66H,1,12,19-20,22,29-30,33,37,39-44,47H2,2-10H3,(H,76,84)(H,77,88)(H,78,89)(H,79,85)/t56-,57+,58-,59-,60+,66-/m0/s1. The topological polar surface area (TPSA) is 286 Å². The van der Waals surface area contributed by atoms with Crippen LogP contribution in [0, 0.1) is 11.3 Å². The van der Waals surface area contributed by atoms with Crippen LogP contribution in [0.1, 0.15) is 137 Å². The van der Waals surface area contributed by atoms with Gasteiger partial charge in [0, 0.05) is 76.0 Å². The number of amides is 8. The average molecular weight is 1350 g/mol. The number of nitrogens with one attached hydrogen (secondary N) is 4. The molecule has 0 aliphatic carbocycles. The SMILES string of the molecule is C=CC(=O)OCC(C)(C)C(=O)C(=O)N1CCCC[C@H]1C(=O)O[C@H](CCc1ccc(OC)c(OC)c1)c1cccc(NC(=O)CCC(=O)N[C@H](C(=O)N[C@@H](Cc2ccc(C(=O)Nc3ccccc3)cc2)C(=O)N2CCC[C@@H]2C(=O)N(C)[C@@H](CC(C)C)C(=O)N(C)CC)c2ccccc2)c1. The van der Waals surface area contributed by atoms with Gasteiger partial charge in [0.05, 0.1) is 19.6 Å². The molecule has 0 bridgehead atoms. The number of anilines is 2. The summed E-state index contributed by atoms with van der Waals surface area (Å²) in [4.78, 5) is 159. The van der Waals surface area contributed by atoms with Gasteiger partial charge in [-0.25, -0.2) is 9.59 Å². The molecule has 98 heavy (non-hydrogen) atoms. The van der Waals surface area contributed by atoms with Crippen LogP contribution in [0.4, 0.5) is 11.4 Å². The van der Waals surface area contributed by atoms with Crippen LogP contribution in [0.25, 0.3) is 0 Å². The Morgan fingerprint density at radius 3 is 1.98 bits per heavy atom. The maximum atomic E-state index is 15.2. The number of likely N-dealkylation sites (tertiary alicyclic amines) is 2. The number of hydrogen-bond acceptors (Lipinski definition) is 15. The number of carbonyl (C=O) groups excluding carboxylic acids is 11. The molecular formula is C75H92N8O15. The first-order valence-electron chi connectivity index (χ1n) is 33.2. The van der Waals surface area contributed by atoms with E-state index in [2.05, 4.69) is 27.8 Å². The lowest BCUT2D eigenvalue weighted by Crippen LogP contribution is -2.58. The third-order valence-corrected chi connectivity index (χ3v) is 17.6. The van der Waals surface area contributed by atoms with Crippen molar-refractivity contribution in [3.63, 3.8) is 0 Å². The van der Waals surface area contributed by atoms with Gasteiger partial charge in [0.15, 0.2) is 11.5 Å². The Morgan fingerprint density at radius 1 is 0.684 bits per heavy atom.